The molecule has 1 aromatic carbocycles. The largest absolute Gasteiger partial charge is 0.420 e. The van der Waals surface area contributed by atoms with Crippen LogP contribution < -0.4 is 5.32 Å². The van der Waals surface area contributed by atoms with Crippen molar-refractivity contribution in [3.8, 4) is 0 Å². The van der Waals surface area contributed by atoms with Gasteiger partial charge in [-0.3, -0.25) is 9.36 Å². The molecule has 1 aliphatic rings. The van der Waals surface area contributed by atoms with Gasteiger partial charge < -0.3 is 19.6 Å². The molecule has 0 aliphatic carbocycles. The minimum absolute atomic E-state index is 0.0671. The Morgan fingerprint density at radius 3 is 2.36 bits per heavy atom. The third-order valence-corrected chi connectivity index (χ3v) is 11.4. The van der Waals surface area contributed by atoms with Gasteiger partial charge in [-0.2, -0.15) is 0 Å². The van der Waals surface area contributed by atoms with E-state index in [-0.39, 0.29) is 18.2 Å². The van der Waals surface area contributed by atoms with Gasteiger partial charge in [-0.05, 0) is 49.5 Å². The van der Waals surface area contributed by atoms with Crippen LogP contribution in [0, 0.1) is 0 Å². The van der Waals surface area contributed by atoms with Gasteiger partial charge in [0.1, 0.15) is 12.6 Å². The van der Waals surface area contributed by atoms with Crippen molar-refractivity contribution in [2.45, 2.75) is 77.4 Å². The van der Waals surface area contributed by atoms with Gasteiger partial charge in [0.2, 0.25) is 0 Å². The lowest BCUT2D eigenvalue weighted by Crippen LogP contribution is -2.39. The van der Waals surface area contributed by atoms with Crippen LogP contribution in [0.2, 0.25) is 18.1 Å². The number of hydrogen-bond donors (Lipinski definition) is 2. The van der Waals surface area contributed by atoms with E-state index >= 15 is 0 Å². The molecule has 1 fully saturated rings. The highest BCUT2D eigenvalue weighted by atomic mass is 28.4. The normalized spacial score (nSPS) is 17.6. The zero-order valence-corrected chi connectivity index (χ0v) is 23.8. The number of anilines is 1. The van der Waals surface area contributed by atoms with Crippen LogP contribution >= 0.6 is 0 Å². The number of carbonyl (C=O) groups is 1. The molecule has 0 radical (unpaired) electrons. The summed E-state index contributed by atoms with van der Waals surface area (Å²) in [6.07, 6.45) is 6.32. The fraction of sp³-hybridized carbons (Fsp3) is 0.538. The van der Waals surface area contributed by atoms with E-state index in [0.29, 0.717) is 27.6 Å². The Hall–Kier alpha value is -2.66. The molecule has 1 saturated heterocycles. The summed E-state index contributed by atoms with van der Waals surface area (Å²) >= 11 is 0. The first-order chi connectivity index (χ1) is 17.1. The quantitative estimate of drug-likeness (QED) is 0.437. The molecular weight excluding hydrogens is 474 g/mol. The second-order valence-electron chi connectivity index (χ2n) is 10.0. The zero-order valence-electron chi connectivity index (χ0n) is 22.8. The molecule has 4 rings (SSSR count). The van der Waals surface area contributed by atoms with Crippen LogP contribution in [-0.2, 0) is 9.16 Å². The SMILES string of the molecule is CC[C@@H]1CC[C@H](n2cnc3c(NC(=O)c4ccccc4)ncnc32)O1.CO.CO[Si](C)(C)C(C)(C)C. The number of imidazole rings is 1. The van der Waals surface area contributed by atoms with E-state index in [1.54, 1.807) is 18.5 Å². The number of aliphatic hydroxyl groups excluding tert-OH is 1. The first kappa shape index (κ1) is 29.6. The number of carbonyl (C=O) groups excluding carboxylic acids is 1. The number of aliphatic hydroxyl groups is 1. The number of ether oxygens (including phenoxy) is 1. The standard InChI is InChI=1S/C18H19N5O2.C7H18OSi.CH4O/c1-2-13-8-9-14(25-13)23-11-21-15-16(19-10-20-17(15)23)22-18(24)12-6-4-3-5-7-12;1-7(2,3)9(5,6)8-4;1-2/h3-7,10-11,13-14H,2,8-9H2,1H3,(H,19,20,22,24);1-6H3;2H,1H3/t13-,14-;;/m1../s1. The maximum atomic E-state index is 12.4. The van der Waals surface area contributed by atoms with Crippen molar-refractivity contribution in [3.63, 3.8) is 0 Å². The summed E-state index contributed by atoms with van der Waals surface area (Å²) in [4.78, 5) is 25.3. The Morgan fingerprint density at radius 2 is 1.83 bits per heavy atom. The van der Waals surface area contributed by atoms with Gasteiger partial charge in [-0.1, -0.05) is 45.9 Å². The fourth-order valence-corrected chi connectivity index (χ4v) is 4.03. The topological polar surface area (TPSA) is 111 Å². The summed E-state index contributed by atoms with van der Waals surface area (Å²) < 4.78 is 13.4. The smallest absolute Gasteiger partial charge is 0.256 e. The fourth-order valence-electron chi connectivity index (χ4n) is 3.42. The summed E-state index contributed by atoms with van der Waals surface area (Å²) in [6, 6.07) is 9.02. The molecule has 0 spiro atoms. The molecule has 198 valence electrons. The number of fused-ring (bicyclic) bond motifs is 1. The zero-order chi connectivity index (χ0) is 26.9. The van der Waals surface area contributed by atoms with Crippen LogP contribution in [0.15, 0.2) is 43.0 Å². The molecule has 2 N–H and O–H groups in total. The van der Waals surface area contributed by atoms with Gasteiger partial charge >= 0.3 is 0 Å². The predicted molar refractivity (Wildman–Crippen MR) is 146 cm³/mol. The summed E-state index contributed by atoms with van der Waals surface area (Å²) in [7, 11) is 1.44. The first-order valence-corrected chi connectivity index (χ1v) is 15.2. The number of benzene rings is 1. The molecule has 3 heterocycles. The van der Waals surface area contributed by atoms with Gasteiger partial charge in [0.05, 0.1) is 12.4 Å². The number of amides is 1. The lowest BCUT2D eigenvalue weighted by atomic mass is 10.2. The van der Waals surface area contributed by atoms with Crippen LogP contribution in [0.1, 0.15) is 63.5 Å². The molecule has 9 nitrogen and oxygen atoms in total. The summed E-state index contributed by atoms with van der Waals surface area (Å²) in [5.41, 5.74) is 1.80. The summed E-state index contributed by atoms with van der Waals surface area (Å²) in [6.45, 7) is 13.3. The number of nitrogens with one attached hydrogen (secondary N) is 1. The third-order valence-electron chi connectivity index (χ3n) is 6.79. The van der Waals surface area contributed by atoms with E-state index in [2.05, 4.69) is 61.1 Å². The molecule has 3 aromatic rings. The molecule has 0 unspecified atom stereocenters. The van der Waals surface area contributed by atoms with Crippen LogP contribution in [0.5, 0.6) is 0 Å². The van der Waals surface area contributed by atoms with Crippen molar-refractivity contribution < 1.29 is 19.1 Å². The highest BCUT2D eigenvalue weighted by Gasteiger charge is 2.35. The highest BCUT2D eigenvalue weighted by molar-refractivity contribution is 6.74. The first-order valence-electron chi connectivity index (χ1n) is 12.3. The Labute approximate surface area is 215 Å². The molecule has 10 heteroatoms. The maximum absolute atomic E-state index is 12.4. The molecule has 1 aliphatic heterocycles. The molecule has 2 aromatic heterocycles. The van der Waals surface area contributed by atoms with Gasteiger partial charge in [-0.25, -0.2) is 15.0 Å². The Kier molecular flexibility index (Phi) is 10.7. The van der Waals surface area contributed by atoms with Crippen molar-refractivity contribution in [2.75, 3.05) is 19.5 Å². The number of hydrogen-bond acceptors (Lipinski definition) is 7. The van der Waals surface area contributed by atoms with E-state index < -0.39 is 8.32 Å². The van der Waals surface area contributed by atoms with Gasteiger partial charge in [-0.15, -0.1) is 0 Å². The third kappa shape index (κ3) is 7.19. The minimum atomic E-state index is -1.38. The number of aromatic nitrogens is 4. The number of rotatable bonds is 5. The molecule has 1 amide bonds. The van der Waals surface area contributed by atoms with Gasteiger partial charge in [0, 0.05) is 19.8 Å². The van der Waals surface area contributed by atoms with E-state index in [1.807, 2.05) is 29.9 Å². The van der Waals surface area contributed by atoms with E-state index in [9.17, 15) is 4.79 Å². The summed E-state index contributed by atoms with van der Waals surface area (Å²) in [5, 5.41) is 10.2. The lowest BCUT2D eigenvalue weighted by Gasteiger charge is -2.34. The Bertz CT molecular complexity index is 1100. The Balaban J connectivity index is 0.000000354. The van der Waals surface area contributed by atoms with E-state index in [4.69, 9.17) is 14.3 Å². The lowest BCUT2D eigenvalue weighted by molar-refractivity contribution is 0.00289. The average molecular weight is 516 g/mol. The van der Waals surface area contributed by atoms with Crippen molar-refractivity contribution >= 4 is 31.2 Å². The average Bonchev–Trinajstić information content (AvgIpc) is 3.53. The monoisotopic (exact) mass is 515 g/mol. The number of nitrogens with zero attached hydrogens (tertiary/aromatic N) is 4. The van der Waals surface area contributed by atoms with Crippen LogP contribution in [0.25, 0.3) is 11.2 Å². The molecular formula is C26H41N5O4Si. The molecule has 0 bridgehead atoms. The minimum Gasteiger partial charge on any atom is -0.420 e. The molecule has 36 heavy (non-hydrogen) atoms. The van der Waals surface area contributed by atoms with Crippen molar-refractivity contribution in [1.82, 2.24) is 19.5 Å². The summed E-state index contributed by atoms with van der Waals surface area (Å²) in [5.74, 6) is 0.181. The Morgan fingerprint density at radius 1 is 1.17 bits per heavy atom. The van der Waals surface area contributed by atoms with Crippen LogP contribution in [0.3, 0.4) is 0 Å². The van der Waals surface area contributed by atoms with E-state index in [0.717, 1.165) is 26.4 Å². The highest BCUT2D eigenvalue weighted by Crippen LogP contribution is 2.35. The molecule has 2 atom stereocenters. The van der Waals surface area contributed by atoms with Gasteiger partial charge in [0.15, 0.2) is 25.3 Å². The predicted octanol–water partition coefficient (Wildman–Crippen LogP) is 5.41. The van der Waals surface area contributed by atoms with Crippen LogP contribution in [-0.4, -0.2) is 59.2 Å². The van der Waals surface area contributed by atoms with Crippen molar-refractivity contribution in [1.29, 1.82) is 0 Å². The second-order valence-corrected chi connectivity index (χ2v) is 15.0. The van der Waals surface area contributed by atoms with Crippen molar-refractivity contribution in [2.24, 2.45) is 0 Å². The van der Waals surface area contributed by atoms with E-state index in [1.165, 1.54) is 6.33 Å². The van der Waals surface area contributed by atoms with Crippen molar-refractivity contribution in [3.05, 3.63) is 48.5 Å². The van der Waals surface area contributed by atoms with Crippen LogP contribution in [0.4, 0.5) is 5.82 Å². The maximum Gasteiger partial charge on any atom is 0.256 e. The van der Waals surface area contributed by atoms with Gasteiger partial charge in [0.25, 0.3) is 5.91 Å². The molecule has 0 saturated carbocycles. The second kappa shape index (κ2) is 13.0.